The summed E-state index contributed by atoms with van der Waals surface area (Å²) in [5, 5.41) is -0.559. The molecule has 8 heteroatoms. The van der Waals surface area contributed by atoms with Crippen LogP contribution in [0.5, 0.6) is 5.75 Å². The standard InChI is InChI=1S/C23H23ClN2O4S/c1-14(2)18-10-7-16(4)11-20(18)30-22(27)21-19(24)12-25-23(26-21)31(28,29)13-17-8-5-15(3)6-9-17/h5-12,14H,13H2,1-4H3. The third-order valence-electron chi connectivity index (χ3n) is 4.66. The first kappa shape index (κ1) is 22.9. The number of rotatable bonds is 6. The maximum Gasteiger partial charge on any atom is 0.364 e. The number of ether oxygens (including phenoxy) is 1. The Hall–Kier alpha value is -2.77. The van der Waals surface area contributed by atoms with Crippen molar-refractivity contribution in [3.8, 4) is 5.75 Å². The molecule has 0 amide bonds. The summed E-state index contributed by atoms with van der Waals surface area (Å²) >= 11 is 6.10. The van der Waals surface area contributed by atoms with E-state index in [4.69, 9.17) is 16.3 Å². The molecule has 0 fully saturated rings. The van der Waals surface area contributed by atoms with Gasteiger partial charge in [0, 0.05) is 0 Å². The lowest BCUT2D eigenvalue weighted by molar-refractivity contribution is 0.0725. The van der Waals surface area contributed by atoms with Crippen molar-refractivity contribution >= 4 is 27.4 Å². The van der Waals surface area contributed by atoms with E-state index in [0.717, 1.165) is 22.9 Å². The molecule has 162 valence electrons. The Morgan fingerprint density at radius 2 is 1.71 bits per heavy atom. The molecule has 0 radical (unpaired) electrons. The molecular weight excluding hydrogens is 436 g/mol. The van der Waals surface area contributed by atoms with Gasteiger partial charge in [-0.25, -0.2) is 23.2 Å². The fourth-order valence-corrected chi connectivity index (χ4v) is 4.34. The molecule has 3 rings (SSSR count). The maximum atomic E-state index is 12.8. The van der Waals surface area contributed by atoms with Crippen molar-refractivity contribution in [3.63, 3.8) is 0 Å². The summed E-state index contributed by atoms with van der Waals surface area (Å²) in [5.41, 5.74) is 3.08. The average Bonchev–Trinajstić information content (AvgIpc) is 2.69. The number of hydrogen-bond donors (Lipinski definition) is 0. The van der Waals surface area contributed by atoms with Crippen LogP contribution < -0.4 is 4.74 Å². The zero-order chi connectivity index (χ0) is 22.8. The number of benzene rings is 2. The van der Waals surface area contributed by atoms with Crippen molar-refractivity contribution in [2.45, 2.75) is 44.5 Å². The second-order valence-electron chi connectivity index (χ2n) is 7.68. The van der Waals surface area contributed by atoms with Gasteiger partial charge >= 0.3 is 5.97 Å². The van der Waals surface area contributed by atoms with Crippen LogP contribution in [0.2, 0.25) is 5.02 Å². The zero-order valence-corrected chi connectivity index (χ0v) is 19.3. The molecule has 0 bridgehead atoms. The number of sulfone groups is 1. The number of carbonyl (C=O) groups is 1. The Morgan fingerprint density at radius 1 is 1.06 bits per heavy atom. The average molecular weight is 459 g/mol. The monoisotopic (exact) mass is 458 g/mol. The normalized spacial score (nSPS) is 11.5. The Kier molecular flexibility index (Phi) is 6.77. The number of halogens is 1. The van der Waals surface area contributed by atoms with E-state index in [1.807, 2.05) is 52.0 Å². The highest BCUT2D eigenvalue weighted by molar-refractivity contribution is 7.90. The van der Waals surface area contributed by atoms with Gasteiger partial charge in [-0.15, -0.1) is 0 Å². The largest absolute Gasteiger partial charge is 0.421 e. The number of carbonyl (C=O) groups excluding carboxylic acids is 1. The van der Waals surface area contributed by atoms with E-state index < -0.39 is 21.0 Å². The highest BCUT2D eigenvalue weighted by Crippen LogP contribution is 2.29. The maximum absolute atomic E-state index is 12.8. The lowest BCUT2D eigenvalue weighted by atomic mass is 10.0. The number of aromatic nitrogens is 2. The minimum absolute atomic E-state index is 0.0852. The molecule has 1 heterocycles. The van der Waals surface area contributed by atoms with Crippen LogP contribution in [-0.2, 0) is 15.6 Å². The Morgan fingerprint density at radius 3 is 2.35 bits per heavy atom. The SMILES string of the molecule is Cc1ccc(CS(=O)(=O)c2ncc(Cl)c(C(=O)Oc3cc(C)ccc3C(C)C)n2)cc1. The molecule has 6 nitrogen and oxygen atoms in total. The summed E-state index contributed by atoms with van der Waals surface area (Å²) in [6.45, 7) is 7.76. The summed E-state index contributed by atoms with van der Waals surface area (Å²) in [6, 6.07) is 12.7. The van der Waals surface area contributed by atoms with Crippen LogP contribution in [0, 0.1) is 13.8 Å². The molecule has 0 aliphatic heterocycles. The smallest absolute Gasteiger partial charge is 0.364 e. The topological polar surface area (TPSA) is 86.2 Å². The third kappa shape index (κ3) is 5.48. The molecule has 0 unspecified atom stereocenters. The number of nitrogens with zero attached hydrogens (tertiary/aromatic N) is 2. The van der Waals surface area contributed by atoms with E-state index in [2.05, 4.69) is 9.97 Å². The lowest BCUT2D eigenvalue weighted by Gasteiger charge is -2.14. The Labute approximate surface area is 187 Å². The minimum atomic E-state index is -3.89. The molecule has 31 heavy (non-hydrogen) atoms. The molecule has 0 saturated carbocycles. The predicted octanol–water partition coefficient (Wildman–Crippen LogP) is 5.06. The van der Waals surface area contributed by atoms with Crippen molar-refractivity contribution in [3.05, 3.63) is 81.6 Å². The molecule has 0 aliphatic rings. The molecule has 2 aromatic carbocycles. The van der Waals surface area contributed by atoms with Crippen molar-refractivity contribution in [1.82, 2.24) is 9.97 Å². The van der Waals surface area contributed by atoms with Crippen molar-refractivity contribution in [2.75, 3.05) is 0 Å². The van der Waals surface area contributed by atoms with Crippen LogP contribution in [0.3, 0.4) is 0 Å². The van der Waals surface area contributed by atoms with Gasteiger partial charge in [-0.05, 0) is 42.5 Å². The third-order valence-corrected chi connectivity index (χ3v) is 6.41. The van der Waals surface area contributed by atoms with Crippen LogP contribution in [0.15, 0.2) is 53.8 Å². The van der Waals surface area contributed by atoms with Crippen LogP contribution in [0.4, 0.5) is 0 Å². The Balaban J connectivity index is 1.91. The van der Waals surface area contributed by atoms with Gasteiger partial charge in [0.2, 0.25) is 15.0 Å². The van der Waals surface area contributed by atoms with Crippen LogP contribution in [-0.4, -0.2) is 24.4 Å². The molecule has 0 N–H and O–H groups in total. The van der Waals surface area contributed by atoms with E-state index in [-0.39, 0.29) is 22.4 Å². The second kappa shape index (κ2) is 9.16. The first-order valence-corrected chi connectivity index (χ1v) is 11.7. The number of hydrogen-bond acceptors (Lipinski definition) is 6. The van der Waals surface area contributed by atoms with Gasteiger partial charge in [0.05, 0.1) is 17.0 Å². The molecule has 0 saturated heterocycles. The summed E-state index contributed by atoms with van der Waals surface area (Å²) in [7, 11) is -3.89. The van der Waals surface area contributed by atoms with Crippen LogP contribution in [0.25, 0.3) is 0 Å². The quantitative estimate of drug-likeness (QED) is 0.291. The van der Waals surface area contributed by atoms with Crippen molar-refractivity contribution in [2.24, 2.45) is 0 Å². The lowest BCUT2D eigenvalue weighted by Crippen LogP contribution is -2.17. The van der Waals surface area contributed by atoms with Gasteiger partial charge < -0.3 is 4.74 Å². The Bertz CT molecular complexity index is 1220. The fraction of sp³-hybridized carbons (Fsp3) is 0.261. The summed E-state index contributed by atoms with van der Waals surface area (Å²) in [6.07, 6.45) is 1.10. The van der Waals surface area contributed by atoms with E-state index in [0.29, 0.717) is 11.3 Å². The van der Waals surface area contributed by atoms with E-state index in [9.17, 15) is 13.2 Å². The zero-order valence-electron chi connectivity index (χ0n) is 17.7. The minimum Gasteiger partial charge on any atom is -0.421 e. The van der Waals surface area contributed by atoms with Gasteiger partial charge in [0.15, 0.2) is 5.69 Å². The molecule has 0 spiro atoms. The van der Waals surface area contributed by atoms with Crippen LogP contribution >= 0.6 is 11.6 Å². The summed E-state index contributed by atoms with van der Waals surface area (Å²) < 4.78 is 31.1. The number of esters is 1. The molecular formula is C23H23ClN2O4S. The van der Waals surface area contributed by atoms with Gasteiger partial charge in [-0.3, -0.25) is 0 Å². The molecule has 3 aromatic rings. The first-order chi connectivity index (χ1) is 14.6. The molecule has 0 aliphatic carbocycles. The highest BCUT2D eigenvalue weighted by Gasteiger charge is 2.24. The van der Waals surface area contributed by atoms with E-state index >= 15 is 0 Å². The predicted molar refractivity (Wildman–Crippen MR) is 119 cm³/mol. The number of aryl methyl sites for hydroxylation is 2. The van der Waals surface area contributed by atoms with Crippen molar-refractivity contribution < 1.29 is 17.9 Å². The highest BCUT2D eigenvalue weighted by atomic mass is 35.5. The van der Waals surface area contributed by atoms with Crippen molar-refractivity contribution in [1.29, 1.82) is 0 Å². The first-order valence-electron chi connectivity index (χ1n) is 9.70. The summed E-state index contributed by atoms with van der Waals surface area (Å²) in [5.74, 6) is -0.626. The van der Waals surface area contributed by atoms with E-state index in [1.165, 1.54) is 0 Å². The van der Waals surface area contributed by atoms with Gasteiger partial charge in [-0.2, -0.15) is 0 Å². The second-order valence-corrected chi connectivity index (χ2v) is 9.97. The van der Waals surface area contributed by atoms with Crippen LogP contribution in [0.1, 0.15) is 52.5 Å². The fourth-order valence-electron chi connectivity index (χ4n) is 2.97. The molecule has 1 aromatic heterocycles. The van der Waals surface area contributed by atoms with Gasteiger partial charge in [0.25, 0.3) is 0 Å². The van der Waals surface area contributed by atoms with E-state index in [1.54, 1.807) is 18.2 Å². The van der Waals surface area contributed by atoms with Gasteiger partial charge in [0.1, 0.15) is 5.75 Å². The van der Waals surface area contributed by atoms with Gasteiger partial charge in [-0.1, -0.05) is 67.4 Å². The molecule has 0 atom stereocenters. The summed E-state index contributed by atoms with van der Waals surface area (Å²) in [4.78, 5) is 20.6.